The number of aryl methyl sites for hydroxylation is 1. The van der Waals surface area contributed by atoms with Gasteiger partial charge >= 0.3 is 0 Å². The van der Waals surface area contributed by atoms with Crippen molar-refractivity contribution in [1.82, 2.24) is 9.97 Å². The number of halogens is 2. The molecule has 2 aromatic carbocycles. The van der Waals surface area contributed by atoms with E-state index < -0.39 is 17.5 Å². The van der Waals surface area contributed by atoms with Gasteiger partial charge in [0.1, 0.15) is 17.3 Å². The first kappa shape index (κ1) is 19.9. The van der Waals surface area contributed by atoms with Crippen molar-refractivity contribution in [1.29, 1.82) is 0 Å². The van der Waals surface area contributed by atoms with Gasteiger partial charge in [-0.2, -0.15) is 0 Å². The largest absolute Gasteiger partial charge is 0.326 e. The van der Waals surface area contributed by atoms with Crippen LogP contribution in [0.5, 0.6) is 0 Å². The van der Waals surface area contributed by atoms with Crippen molar-refractivity contribution in [3.63, 3.8) is 0 Å². The van der Waals surface area contributed by atoms with Crippen molar-refractivity contribution in [2.24, 2.45) is 0 Å². The van der Waals surface area contributed by atoms with Gasteiger partial charge in [-0.15, -0.1) is 0 Å². The number of benzene rings is 2. The van der Waals surface area contributed by atoms with Crippen molar-refractivity contribution in [2.75, 3.05) is 16.0 Å². The van der Waals surface area contributed by atoms with Crippen LogP contribution in [-0.2, 0) is 4.79 Å². The van der Waals surface area contributed by atoms with Crippen LogP contribution in [-0.4, -0.2) is 21.8 Å². The lowest BCUT2D eigenvalue weighted by Crippen LogP contribution is -2.16. The number of aromatic nitrogens is 2. The van der Waals surface area contributed by atoms with Gasteiger partial charge in [-0.25, -0.2) is 18.7 Å². The SMILES string of the molecule is CC(=O)Nc1ccc(Nc2nc(C)cc(C(=O)Nc3ccc(F)cc3F)n2)cc1. The molecule has 1 aromatic heterocycles. The van der Waals surface area contributed by atoms with E-state index in [0.717, 1.165) is 12.1 Å². The van der Waals surface area contributed by atoms with Crippen molar-refractivity contribution in [3.8, 4) is 0 Å². The van der Waals surface area contributed by atoms with E-state index >= 15 is 0 Å². The third-order valence-electron chi connectivity index (χ3n) is 3.73. The molecule has 0 atom stereocenters. The molecule has 0 spiro atoms. The highest BCUT2D eigenvalue weighted by Gasteiger charge is 2.14. The monoisotopic (exact) mass is 397 g/mol. The quantitative estimate of drug-likeness (QED) is 0.604. The molecule has 0 aliphatic heterocycles. The van der Waals surface area contributed by atoms with Gasteiger partial charge in [-0.3, -0.25) is 9.59 Å². The van der Waals surface area contributed by atoms with Crippen LogP contribution < -0.4 is 16.0 Å². The number of carbonyl (C=O) groups excluding carboxylic acids is 2. The molecular formula is C20H17F2N5O2. The molecule has 0 radical (unpaired) electrons. The Balaban J connectivity index is 1.76. The second-order valence-electron chi connectivity index (χ2n) is 6.18. The van der Waals surface area contributed by atoms with E-state index in [1.54, 1.807) is 31.2 Å². The van der Waals surface area contributed by atoms with E-state index in [0.29, 0.717) is 23.1 Å². The van der Waals surface area contributed by atoms with Crippen molar-refractivity contribution in [3.05, 3.63) is 71.6 Å². The molecule has 0 aliphatic carbocycles. The van der Waals surface area contributed by atoms with Crippen molar-refractivity contribution >= 4 is 34.8 Å². The number of carbonyl (C=O) groups is 2. The number of nitrogens with one attached hydrogen (secondary N) is 3. The minimum absolute atomic E-state index is 0.0126. The summed E-state index contributed by atoms with van der Waals surface area (Å²) in [6.07, 6.45) is 0. The fourth-order valence-corrected chi connectivity index (χ4v) is 2.49. The Morgan fingerprint density at radius 1 is 0.897 bits per heavy atom. The molecule has 7 nitrogen and oxygen atoms in total. The molecule has 148 valence electrons. The Hall–Kier alpha value is -3.88. The summed E-state index contributed by atoms with van der Waals surface area (Å²) in [4.78, 5) is 31.9. The lowest BCUT2D eigenvalue weighted by atomic mass is 10.2. The first-order chi connectivity index (χ1) is 13.8. The maximum absolute atomic E-state index is 13.8. The van der Waals surface area contributed by atoms with Crippen LogP contribution in [0.25, 0.3) is 0 Å². The minimum Gasteiger partial charge on any atom is -0.326 e. The Morgan fingerprint density at radius 2 is 1.59 bits per heavy atom. The Morgan fingerprint density at radius 3 is 2.24 bits per heavy atom. The van der Waals surface area contributed by atoms with E-state index in [-0.39, 0.29) is 23.2 Å². The molecule has 0 saturated heterocycles. The highest BCUT2D eigenvalue weighted by atomic mass is 19.1. The topological polar surface area (TPSA) is 96.0 Å². The number of hydrogen-bond donors (Lipinski definition) is 3. The zero-order chi connectivity index (χ0) is 21.0. The highest BCUT2D eigenvalue weighted by molar-refractivity contribution is 6.03. The molecule has 3 aromatic rings. The molecule has 1 heterocycles. The number of rotatable bonds is 5. The van der Waals surface area contributed by atoms with Crippen molar-refractivity contribution < 1.29 is 18.4 Å². The summed E-state index contributed by atoms with van der Waals surface area (Å²) in [6.45, 7) is 3.10. The number of anilines is 4. The molecule has 0 fully saturated rings. The average molecular weight is 397 g/mol. The fraction of sp³-hybridized carbons (Fsp3) is 0.100. The standard InChI is InChI=1S/C20H17F2N5O2/c1-11-9-18(19(29)26-17-8-3-13(21)10-16(17)22)27-20(23-11)25-15-6-4-14(5-7-15)24-12(2)28/h3-10H,1-2H3,(H,24,28)(H,26,29)(H,23,25,27). The highest BCUT2D eigenvalue weighted by Crippen LogP contribution is 2.19. The molecule has 29 heavy (non-hydrogen) atoms. The van der Waals surface area contributed by atoms with Crippen LogP contribution in [0, 0.1) is 18.6 Å². The second kappa shape index (κ2) is 8.42. The van der Waals surface area contributed by atoms with Crippen LogP contribution in [0.2, 0.25) is 0 Å². The molecule has 3 N–H and O–H groups in total. The molecule has 2 amide bonds. The Kier molecular flexibility index (Phi) is 5.77. The summed E-state index contributed by atoms with van der Waals surface area (Å²) in [6, 6.07) is 11.1. The van der Waals surface area contributed by atoms with Gasteiger partial charge in [0, 0.05) is 30.1 Å². The summed E-state index contributed by atoms with van der Waals surface area (Å²) in [5, 5.41) is 7.98. The van der Waals surface area contributed by atoms with Crippen LogP contribution in [0.1, 0.15) is 23.1 Å². The van der Waals surface area contributed by atoms with Gasteiger partial charge in [0.15, 0.2) is 0 Å². The van der Waals surface area contributed by atoms with Gasteiger partial charge in [0.25, 0.3) is 5.91 Å². The van der Waals surface area contributed by atoms with Gasteiger partial charge in [-0.1, -0.05) is 0 Å². The lowest BCUT2D eigenvalue weighted by molar-refractivity contribution is -0.114. The van der Waals surface area contributed by atoms with Gasteiger partial charge < -0.3 is 16.0 Å². The molecule has 9 heteroatoms. The molecule has 3 rings (SSSR count). The maximum atomic E-state index is 13.8. The average Bonchev–Trinajstić information content (AvgIpc) is 2.64. The van der Waals surface area contributed by atoms with Crippen LogP contribution >= 0.6 is 0 Å². The van der Waals surface area contributed by atoms with Gasteiger partial charge in [0.2, 0.25) is 11.9 Å². The Labute approximate surface area is 165 Å². The number of amides is 2. The van der Waals surface area contributed by atoms with Crippen LogP contribution in [0.3, 0.4) is 0 Å². The first-order valence-electron chi connectivity index (χ1n) is 8.57. The van der Waals surface area contributed by atoms with Crippen LogP contribution in [0.4, 0.5) is 31.8 Å². The molecule has 0 bridgehead atoms. The zero-order valence-electron chi connectivity index (χ0n) is 15.6. The Bertz CT molecular complexity index is 1070. The molecule has 0 saturated carbocycles. The fourth-order valence-electron chi connectivity index (χ4n) is 2.49. The number of nitrogens with zero attached hydrogens (tertiary/aromatic N) is 2. The lowest BCUT2D eigenvalue weighted by Gasteiger charge is -2.10. The first-order valence-corrected chi connectivity index (χ1v) is 8.57. The van der Waals surface area contributed by atoms with Gasteiger partial charge in [-0.05, 0) is 49.4 Å². The summed E-state index contributed by atoms with van der Waals surface area (Å²) >= 11 is 0. The minimum atomic E-state index is -0.887. The summed E-state index contributed by atoms with van der Waals surface area (Å²) in [5.41, 5.74) is 1.65. The maximum Gasteiger partial charge on any atom is 0.274 e. The predicted octanol–water partition coefficient (Wildman–Crippen LogP) is 4.02. The van der Waals surface area contributed by atoms with E-state index in [4.69, 9.17) is 0 Å². The van der Waals surface area contributed by atoms with E-state index in [1.165, 1.54) is 13.0 Å². The zero-order valence-corrected chi connectivity index (χ0v) is 15.6. The second-order valence-corrected chi connectivity index (χ2v) is 6.18. The summed E-state index contributed by atoms with van der Waals surface area (Å²) in [5.74, 6) is -2.30. The predicted molar refractivity (Wildman–Crippen MR) is 105 cm³/mol. The third kappa shape index (κ3) is 5.32. The van der Waals surface area contributed by atoms with E-state index in [1.807, 2.05) is 0 Å². The van der Waals surface area contributed by atoms with Crippen LogP contribution in [0.15, 0.2) is 48.5 Å². The summed E-state index contributed by atoms with van der Waals surface area (Å²) < 4.78 is 26.8. The van der Waals surface area contributed by atoms with E-state index in [2.05, 4.69) is 25.9 Å². The molecule has 0 aliphatic rings. The van der Waals surface area contributed by atoms with Gasteiger partial charge in [0.05, 0.1) is 5.69 Å². The molecular weight excluding hydrogens is 380 g/mol. The smallest absolute Gasteiger partial charge is 0.274 e. The third-order valence-corrected chi connectivity index (χ3v) is 3.73. The molecule has 0 unspecified atom stereocenters. The number of hydrogen-bond acceptors (Lipinski definition) is 5. The summed E-state index contributed by atoms with van der Waals surface area (Å²) in [7, 11) is 0. The normalized spacial score (nSPS) is 10.3. The van der Waals surface area contributed by atoms with E-state index in [9.17, 15) is 18.4 Å². The van der Waals surface area contributed by atoms with Crippen molar-refractivity contribution in [2.45, 2.75) is 13.8 Å².